The third-order valence-corrected chi connectivity index (χ3v) is 3.67. The number of hydrogen-bond donors (Lipinski definition) is 3. The summed E-state index contributed by atoms with van der Waals surface area (Å²) in [4.78, 5) is 45.1. The number of nitrogens with one attached hydrogen (secondary N) is 3. The van der Waals surface area contributed by atoms with Crippen LogP contribution in [0, 0.1) is 10.1 Å². The van der Waals surface area contributed by atoms with Crippen LogP contribution in [0.15, 0.2) is 54.6 Å². The number of rotatable bonds is 9. The van der Waals surface area contributed by atoms with Gasteiger partial charge in [-0.15, -0.1) is 0 Å². The van der Waals surface area contributed by atoms with Crippen LogP contribution in [0.3, 0.4) is 0 Å². The van der Waals surface area contributed by atoms with Gasteiger partial charge in [0.25, 0.3) is 11.6 Å². The van der Waals surface area contributed by atoms with Gasteiger partial charge in [0.15, 0.2) is 6.61 Å². The van der Waals surface area contributed by atoms with Gasteiger partial charge >= 0.3 is 0 Å². The topological polar surface area (TPSA) is 140 Å². The van der Waals surface area contributed by atoms with Crippen molar-refractivity contribution in [1.29, 1.82) is 0 Å². The molecule has 2 aromatic carbocycles. The molecule has 0 aliphatic rings. The molecule has 0 saturated carbocycles. The van der Waals surface area contributed by atoms with Crippen LogP contribution in [-0.2, 0) is 20.9 Å². The van der Waals surface area contributed by atoms with Gasteiger partial charge in [0.2, 0.25) is 11.8 Å². The van der Waals surface area contributed by atoms with E-state index in [0.717, 1.165) is 5.56 Å². The molecule has 0 fully saturated rings. The van der Waals surface area contributed by atoms with Crippen LogP contribution in [0.25, 0.3) is 0 Å². The predicted octanol–water partition coefficient (Wildman–Crippen LogP) is 1.22. The maximum absolute atomic E-state index is 11.7. The molecular weight excluding hydrogens is 380 g/mol. The third kappa shape index (κ3) is 8.08. The van der Waals surface area contributed by atoms with Crippen LogP contribution in [0.2, 0.25) is 0 Å². The number of nitro groups is 1. The smallest absolute Gasteiger partial charge is 0.276 e. The van der Waals surface area contributed by atoms with Gasteiger partial charge in [-0.2, -0.15) is 0 Å². The zero-order valence-corrected chi connectivity index (χ0v) is 15.4. The number of carbonyl (C=O) groups excluding carboxylic acids is 3. The van der Waals surface area contributed by atoms with Gasteiger partial charge in [0.1, 0.15) is 5.75 Å². The SMILES string of the molecule is O=C(CCC(=O)NNC(=O)COc1ccc([N+](=O)[O-])cc1)NCc1ccccc1. The lowest BCUT2D eigenvalue weighted by Crippen LogP contribution is -2.44. The van der Waals surface area contributed by atoms with Crippen molar-refractivity contribution in [2.45, 2.75) is 19.4 Å². The van der Waals surface area contributed by atoms with Crippen LogP contribution in [0.5, 0.6) is 5.75 Å². The summed E-state index contributed by atoms with van der Waals surface area (Å²) in [6, 6.07) is 14.6. The highest BCUT2D eigenvalue weighted by Gasteiger charge is 2.09. The zero-order chi connectivity index (χ0) is 21.1. The molecule has 0 radical (unpaired) electrons. The van der Waals surface area contributed by atoms with Gasteiger partial charge in [-0.1, -0.05) is 30.3 Å². The maximum Gasteiger partial charge on any atom is 0.276 e. The molecule has 10 nitrogen and oxygen atoms in total. The highest BCUT2D eigenvalue weighted by Crippen LogP contribution is 2.16. The largest absolute Gasteiger partial charge is 0.484 e. The molecule has 0 unspecified atom stereocenters. The van der Waals surface area contributed by atoms with Crippen LogP contribution in [0.4, 0.5) is 5.69 Å². The summed E-state index contributed by atoms with van der Waals surface area (Å²) in [6.45, 7) is -0.0202. The number of hydrazine groups is 1. The Hall–Kier alpha value is -3.95. The molecule has 0 aromatic heterocycles. The number of hydrogen-bond acceptors (Lipinski definition) is 6. The summed E-state index contributed by atoms with van der Waals surface area (Å²) in [5, 5.41) is 13.3. The highest BCUT2D eigenvalue weighted by atomic mass is 16.6. The number of nitrogens with zero attached hydrogens (tertiary/aromatic N) is 1. The summed E-state index contributed by atoms with van der Waals surface area (Å²) in [5.41, 5.74) is 5.20. The van der Waals surface area contributed by atoms with Crippen molar-refractivity contribution in [3.8, 4) is 5.75 Å². The molecular formula is C19H20N4O6. The van der Waals surface area contributed by atoms with Gasteiger partial charge in [-0.25, -0.2) is 0 Å². The van der Waals surface area contributed by atoms with E-state index in [9.17, 15) is 24.5 Å². The highest BCUT2D eigenvalue weighted by molar-refractivity contribution is 5.86. The summed E-state index contributed by atoms with van der Waals surface area (Å²) in [7, 11) is 0. The first-order valence-corrected chi connectivity index (χ1v) is 8.69. The minimum Gasteiger partial charge on any atom is -0.484 e. The van der Waals surface area contributed by atoms with Crippen molar-refractivity contribution in [2.75, 3.05) is 6.61 Å². The molecule has 3 amide bonds. The van der Waals surface area contributed by atoms with Crippen molar-refractivity contribution in [1.82, 2.24) is 16.2 Å². The van der Waals surface area contributed by atoms with Crippen molar-refractivity contribution < 1.29 is 24.0 Å². The lowest BCUT2D eigenvalue weighted by molar-refractivity contribution is -0.384. The minimum atomic E-state index is -0.620. The Balaban J connectivity index is 1.59. The molecule has 29 heavy (non-hydrogen) atoms. The molecule has 0 saturated heterocycles. The third-order valence-electron chi connectivity index (χ3n) is 3.67. The fourth-order valence-corrected chi connectivity index (χ4v) is 2.16. The number of amides is 3. The van der Waals surface area contributed by atoms with Crippen LogP contribution < -0.4 is 20.9 Å². The van der Waals surface area contributed by atoms with Crippen molar-refractivity contribution in [3.05, 3.63) is 70.3 Å². The molecule has 0 aliphatic carbocycles. The second kappa shape index (κ2) is 11.0. The number of benzene rings is 2. The van der Waals surface area contributed by atoms with E-state index in [0.29, 0.717) is 6.54 Å². The van der Waals surface area contributed by atoms with Crippen molar-refractivity contribution in [3.63, 3.8) is 0 Å². The summed E-state index contributed by atoms with van der Waals surface area (Å²) < 4.78 is 5.16. The molecule has 2 aromatic rings. The van der Waals surface area contributed by atoms with Crippen LogP contribution >= 0.6 is 0 Å². The Kier molecular flexibility index (Phi) is 8.11. The Morgan fingerprint density at radius 3 is 2.14 bits per heavy atom. The van der Waals surface area contributed by atoms with E-state index in [-0.39, 0.29) is 30.2 Å². The molecule has 0 spiro atoms. The first-order chi connectivity index (χ1) is 13.9. The number of nitro benzene ring substituents is 1. The van der Waals surface area contributed by atoms with E-state index in [1.54, 1.807) is 0 Å². The molecule has 3 N–H and O–H groups in total. The Labute approximate surface area is 166 Å². The first kappa shape index (κ1) is 21.4. The lowest BCUT2D eigenvalue weighted by Gasteiger charge is -2.09. The van der Waals surface area contributed by atoms with E-state index in [4.69, 9.17) is 4.74 Å². The molecule has 0 atom stereocenters. The maximum atomic E-state index is 11.7. The molecule has 152 valence electrons. The fourth-order valence-electron chi connectivity index (χ4n) is 2.16. The molecule has 0 heterocycles. The number of ether oxygens (including phenoxy) is 1. The Morgan fingerprint density at radius 2 is 1.48 bits per heavy atom. The van der Waals surface area contributed by atoms with Gasteiger partial charge in [-0.3, -0.25) is 35.3 Å². The average Bonchev–Trinajstić information content (AvgIpc) is 2.74. The van der Waals surface area contributed by atoms with E-state index < -0.39 is 23.3 Å². The molecule has 2 rings (SSSR count). The Bertz CT molecular complexity index is 855. The standard InChI is InChI=1S/C19H20N4O6/c24-17(20-12-14-4-2-1-3-5-14)10-11-18(25)21-22-19(26)13-29-16-8-6-15(7-9-16)23(27)28/h1-9H,10-13H2,(H,20,24)(H,21,25)(H,22,26). The van der Waals surface area contributed by atoms with E-state index >= 15 is 0 Å². The van der Waals surface area contributed by atoms with Gasteiger partial charge in [0, 0.05) is 31.5 Å². The van der Waals surface area contributed by atoms with Crippen LogP contribution in [0.1, 0.15) is 18.4 Å². The second-order valence-electron chi connectivity index (χ2n) is 5.90. The van der Waals surface area contributed by atoms with Gasteiger partial charge in [0.05, 0.1) is 4.92 Å². The predicted molar refractivity (Wildman–Crippen MR) is 102 cm³/mol. The zero-order valence-electron chi connectivity index (χ0n) is 15.4. The fraction of sp³-hybridized carbons (Fsp3) is 0.211. The minimum absolute atomic E-state index is 0.0200. The summed E-state index contributed by atoms with van der Waals surface area (Å²) in [5.74, 6) is -1.15. The quantitative estimate of drug-likeness (QED) is 0.427. The van der Waals surface area contributed by atoms with Gasteiger partial charge in [-0.05, 0) is 17.7 Å². The number of carbonyl (C=O) groups is 3. The van der Waals surface area contributed by atoms with E-state index in [2.05, 4.69) is 16.2 Å². The lowest BCUT2D eigenvalue weighted by atomic mass is 10.2. The Morgan fingerprint density at radius 1 is 0.862 bits per heavy atom. The normalized spacial score (nSPS) is 9.93. The average molecular weight is 400 g/mol. The molecule has 0 bridgehead atoms. The summed E-state index contributed by atoms with van der Waals surface area (Å²) >= 11 is 0. The number of non-ortho nitro benzene ring substituents is 1. The van der Waals surface area contributed by atoms with E-state index in [1.807, 2.05) is 30.3 Å². The molecule has 0 aliphatic heterocycles. The first-order valence-electron chi connectivity index (χ1n) is 8.69. The van der Waals surface area contributed by atoms with Gasteiger partial charge < -0.3 is 10.1 Å². The molecule has 10 heteroatoms. The van der Waals surface area contributed by atoms with E-state index in [1.165, 1.54) is 24.3 Å². The van der Waals surface area contributed by atoms with Crippen LogP contribution in [-0.4, -0.2) is 29.3 Å². The van der Waals surface area contributed by atoms with Crippen molar-refractivity contribution >= 4 is 23.4 Å². The van der Waals surface area contributed by atoms with Crippen molar-refractivity contribution in [2.24, 2.45) is 0 Å². The second-order valence-corrected chi connectivity index (χ2v) is 5.90. The monoisotopic (exact) mass is 400 g/mol. The summed E-state index contributed by atoms with van der Waals surface area (Å²) in [6.07, 6.45) is -0.113.